The third-order valence-electron chi connectivity index (χ3n) is 1.88. The predicted octanol–water partition coefficient (Wildman–Crippen LogP) is 2.78. The maximum absolute atomic E-state index is 5.68. The van der Waals surface area contributed by atoms with Gasteiger partial charge in [-0.15, -0.1) is 21.8 Å². The van der Waals surface area contributed by atoms with Crippen molar-refractivity contribution in [3.05, 3.63) is 35.7 Å². The summed E-state index contributed by atoms with van der Waals surface area (Å²) in [5.74, 6) is 1.63. The number of hydrogen-bond donors (Lipinski definition) is 0. The molecule has 0 aliphatic rings. The molecule has 0 amide bonds. The Morgan fingerprint density at radius 2 is 1.93 bits per heavy atom. The van der Waals surface area contributed by atoms with E-state index >= 15 is 0 Å². The van der Waals surface area contributed by atoms with Gasteiger partial charge in [0.2, 0.25) is 11.8 Å². The van der Waals surface area contributed by atoms with Crippen molar-refractivity contribution in [3.8, 4) is 11.5 Å². The molecule has 0 atom stereocenters. The number of rotatable bonds is 2. The fraction of sp³-hybridized carbons (Fsp3) is 0.200. The summed E-state index contributed by atoms with van der Waals surface area (Å²) in [6.07, 6.45) is 0. The maximum atomic E-state index is 5.68. The molecule has 0 fully saturated rings. The summed E-state index contributed by atoms with van der Waals surface area (Å²) in [5.41, 5.74) is 1.99. The average Bonchev–Trinajstić information content (AvgIpc) is 2.65. The molecule has 0 saturated carbocycles. The lowest BCUT2D eigenvalue weighted by Crippen LogP contribution is -1.80. The fourth-order valence-electron chi connectivity index (χ4n) is 1.15. The number of alkyl halides is 1. The Morgan fingerprint density at radius 3 is 2.43 bits per heavy atom. The lowest BCUT2D eigenvalue weighted by atomic mass is 10.1. The first-order valence-electron chi connectivity index (χ1n) is 4.25. The third kappa shape index (κ3) is 1.77. The van der Waals surface area contributed by atoms with Crippen LogP contribution in [0.3, 0.4) is 0 Å². The number of aryl methyl sites for hydroxylation is 1. The van der Waals surface area contributed by atoms with Gasteiger partial charge in [-0.05, 0) is 17.7 Å². The molecule has 0 N–H and O–H groups in total. The van der Waals surface area contributed by atoms with E-state index < -0.39 is 0 Å². The molecule has 3 nitrogen and oxygen atoms in total. The largest absolute Gasteiger partial charge is 0.421 e. The van der Waals surface area contributed by atoms with Crippen LogP contribution in [-0.2, 0) is 5.88 Å². The molecule has 0 spiro atoms. The van der Waals surface area contributed by atoms with Crippen LogP contribution in [0.1, 0.15) is 11.5 Å². The Bertz CT molecular complexity index is 422. The molecular formula is C10H9ClN2O. The second-order valence-electron chi connectivity index (χ2n) is 2.96. The standard InChI is InChI=1S/C10H9ClN2O/c1-7-12-13-10(14-7)9-4-2-8(6-11)3-5-9/h2-5H,6H2,1H3. The van der Waals surface area contributed by atoms with Crippen molar-refractivity contribution in [1.29, 1.82) is 0 Å². The lowest BCUT2D eigenvalue weighted by molar-refractivity contribution is 0.533. The number of benzene rings is 1. The molecule has 2 rings (SSSR count). The molecule has 0 unspecified atom stereocenters. The van der Waals surface area contributed by atoms with E-state index in [0.717, 1.165) is 11.1 Å². The van der Waals surface area contributed by atoms with Crippen molar-refractivity contribution < 1.29 is 4.42 Å². The molecule has 0 aliphatic heterocycles. The topological polar surface area (TPSA) is 38.9 Å². The first-order chi connectivity index (χ1) is 6.79. The van der Waals surface area contributed by atoms with Crippen LogP contribution < -0.4 is 0 Å². The molecule has 0 bridgehead atoms. The van der Waals surface area contributed by atoms with Gasteiger partial charge < -0.3 is 4.42 Å². The first kappa shape index (κ1) is 9.21. The highest BCUT2D eigenvalue weighted by Crippen LogP contribution is 2.18. The molecule has 1 heterocycles. The van der Waals surface area contributed by atoms with Gasteiger partial charge in [0.05, 0.1) is 0 Å². The van der Waals surface area contributed by atoms with E-state index in [4.69, 9.17) is 16.0 Å². The van der Waals surface area contributed by atoms with Gasteiger partial charge in [0.1, 0.15) is 0 Å². The van der Waals surface area contributed by atoms with Crippen LogP contribution in [0.2, 0.25) is 0 Å². The highest BCUT2D eigenvalue weighted by Gasteiger charge is 2.04. The van der Waals surface area contributed by atoms with Crippen LogP contribution in [0.4, 0.5) is 0 Å². The Balaban J connectivity index is 2.33. The van der Waals surface area contributed by atoms with Crippen molar-refractivity contribution in [2.45, 2.75) is 12.8 Å². The van der Waals surface area contributed by atoms with Gasteiger partial charge in [0.15, 0.2) is 0 Å². The van der Waals surface area contributed by atoms with Crippen LogP contribution in [0.15, 0.2) is 28.7 Å². The zero-order valence-corrected chi connectivity index (χ0v) is 8.45. The van der Waals surface area contributed by atoms with Gasteiger partial charge in [0.25, 0.3) is 0 Å². The summed E-state index contributed by atoms with van der Waals surface area (Å²) in [5, 5.41) is 7.68. The summed E-state index contributed by atoms with van der Waals surface area (Å²) in [7, 11) is 0. The quantitative estimate of drug-likeness (QED) is 0.713. The Labute approximate surface area is 86.7 Å². The van der Waals surface area contributed by atoms with E-state index in [2.05, 4.69) is 10.2 Å². The zero-order chi connectivity index (χ0) is 9.97. The highest BCUT2D eigenvalue weighted by molar-refractivity contribution is 6.17. The smallest absolute Gasteiger partial charge is 0.247 e. The number of nitrogens with zero attached hydrogens (tertiary/aromatic N) is 2. The first-order valence-corrected chi connectivity index (χ1v) is 4.78. The zero-order valence-electron chi connectivity index (χ0n) is 7.70. The van der Waals surface area contributed by atoms with Crippen LogP contribution in [0, 0.1) is 6.92 Å². The summed E-state index contributed by atoms with van der Waals surface area (Å²) in [6, 6.07) is 7.74. The SMILES string of the molecule is Cc1nnc(-c2ccc(CCl)cc2)o1. The van der Waals surface area contributed by atoms with Crippen molar-refractivity contribution in [2.75, 3.05) is 0 Å². The van der Waals surface area contributed by atoms with Gasteiger partial charge in [-0.1, -0.05) is 12.1 Å². The molecule has 1 aromatic heterocycles. The molecule has 2 aromatic rings. The maximum Gasteiger partial charge on any atom is 0.247 e. The van der Waals surface area contributed by atoms with Gasteiger partial charge in [-0.25, -0.2) is 0 Å². The fourth-order valence-corrected chi connectivity index (χ4v) is 1.33. The van der Waals surface area contributed by atoms with Crippen molar-refractivity contribution >= 4 is 11.6 Å². The van der Waals surface area contributed by atoms with E-state index in [1.54, 1.807) is 6.92 Å². The summed E-state index contributed by atoms with van der Waals surface area (Å²) < 4.78 is 5.29. The second-order valence-corrected chi connectivity index (χ2v) is 3.22. The van der Waals surface area contributed by atoms with Gasteiger partial charge >= 0.3 is 0 Å². The molecule has 0 aliphatic carbocycles. The predicted molar refractivity (Wildman–Crippen MR) is 54.0 cm³/mol. The van der Waals surface area contributed by atoms with Crippen molar-refractivity contribution in [1.82, 2.24) is 10.2 Å². The molecule has 72 valence electrons. The van der Waals surface area contributed by atoms with Crippen LogP contribution >= 0.6 is 11.6 Å². The molecular weight excluding hydrogens is 200 g/mol. The van der Waals surface area contributed by atoms with E-state index in [-0.39, 0.29) is 0 Å². The number of halogens is 1. The van der Waals surface area contributed by atoms with E-state index in [9.17, 15) is 0 Å². The van der Waals surface area contributed by atoms with Gasteiger partial charge in [-0.2, -0.15) is 0 Å². The summed E-state index contributed by atoms with van der Waals surface area (Å²) in [6.45, 7) is 1.77. The minimum absolute atomic E-state index is 0.517. The number of hydrogen-bond acceptors (Lipinski definition) is 3. The lowest BCUT2D eigenvalue weighted by Gasteiger charge is -1.96. The Kier molecular flexibility index (Phi) is 2.50. The normalized spacial score (nSPS) is 10.4. The third-order valence-corrected chi connectivity index (χ3v) is 2.19. The second kappa shape index (κ2) is 3.80. The average molecular weight is 209 g/mol. The molecule has 4 heteroatoms. The summed E-state index contributed by atoms with van der Waals surface area (Å²) in [4.78, 5) is 0. The highest BCUT2D eigenvalue weighted by atomic mass is 35.5. The Hall–Kier alpha value is -1.35. The molecule has 1 aromatic carbocycles. The minimum Gasteiger partial charge on any atom is -0.421 e. The van der Waals surface area contributed by atoms with Crippen LogP contribution in [0.25, 0.3) is 11.5 Å². The minimum atomic E-state index is 0.517. The van der Waals surface area contributed by atoms with Crippen LogP contribution in [-0.4, -0.2) is 10.2 Å². The van der Waals surface area contributed by atoms with E-state index in [1.807, 2.05) is 24.3 Å². The summed E-state index contributed by atoms with van der Waals surface area (Å²) >= 11 is 5.68. The monoisotopic (exact) mass is 208 g/mol. The van der Waals surface area contributed by atoms with Gasteiger partial charge in [-0.3, -0.25) is 0 Å². The molecule has 14 heavy (non-hydrogen) atoms. The van der Waals surface area contributed by atoms with E-state index in [1.165, 1.54) is 0 Å². The van der Waals surface area contributed by atoms with Crippen LogP contribution in [0.5, 0.6) is 0 Å². The van der Waals surface area contributed by atoms with Crippen molar-refractivity contribution in [2.24, 2.45) is 0 Å². The van der Waals surface area contributed by atoms with E-state index in [0.29, 0.717) is 17.7 Å². The van der Waals surface area contributed by atoms with Crippen molar-refractivity contribution in [3.63, 3.8) is 0 Å². The Morgan fingerprint density at radius 1 is 1.21 bits per heavy atom. The number of aromatic nitrogens is 2. The van der Waals surface area contributed by atoms with Gasteiger partial charge in [0, 0.05) is 18.4 Å². The molecule has 0 radical (unpaired) electrons. The molecule has 0 saturated heterocycles.